The normalized spacial score (nSPS) is 10.9. The van der Waals surface area contributed by atoms with E-state index in [-0.39, 0.29) is 5.57 Å². The summed E-state index contributed by atoms with van der Waals surface area (Å²) >= 11 is 0. The molecular weight excluding hydrogens is 394 g/mol. The van der Waals surface area contributed by atoms with Crippen molar-refractivity contribution in [1.82, 2.24) is 0 Å². The van der Waals surface area contributed by atoms with Crippen LogP contribution < -0.4 is 19.5 Å². The van der Waals surface area contributed by atoms with E-state index in [9.17, 15) is 9.59 Å². The minimum absolute atomic E-state index is 0.0127. The third-order valence-corrected chi connectivity index (χ3v) is 4.57. The van der Waals surface area contributed by atoms with Crippen molar-refractivity contribution in [3.8, 4) is 17.2 Å². The van der Waals surface area contributed by atoms with E-state index in [1.807, 2.05) is 6.07 Å². The van der Waals surface area contributed by atoms with Gasteiger partial charge in [-0.15, -0.1) is 0 Å². The summed E-state index contributed by atoms with van der Waals surface area (Å²) in [6, 6.07) is 20.8. The Morgan fingerprint density at radius 2 is 1.52 bits per heavy atom. The Labute approximate surface area is 181 Å². The SMILES string of the molecule is COc1cccc(NC(=O)/C(=C/c2ccc(OC)c(OC)c2)C(=O)c2ccccc2)c1. The van der Waals surface area contributed by atoms with Crippen LogP contribution in [0, 0.1) is 0 Å². The second-order valence-corrected chi connectivity index (χ2v) is 6.55. The highest BCUT2D eigenvalue weighted by Gasteiger charge is 2.21. The molecule has 0 spiro atoms. The highest BCUT2D eigenvalue weighted by atomic mass is 16.5. The number of hydrogen-bond acceptors (Lipinski definition) is 5. The molecule has 0 aromatic heterocycles. The molecule has 3 rings (SSSR count). The van der Waals surface area contributed by atoms with Gasteiger partial charge in [0.15, 0.2) is 17.3 Å². The van der Waals surface area contributed by atoms with Gasteiger partial charge in [-0.05, 0) is 35.9 Å². The van der Waals surface area contributed by atoms with Crippen molar-refractivity contribution in [2.75, 3.05) is 26.6 Å². The molecule has 3 aromatic carbocycles. The van der Waals surface area contributed by atoms with E-state index in [0.717, 1.165) is 0 Å². The number of methoxy groups -OCH3 is 3. The second-order valence-electron chi connectivity index (χ2n) is 6.55. The van der Waals surface area contributed by atoms with Gasteiger partial charge in [-0.1, -0.05) is 42.5 Å². The standard InChI is InChI=1S/C25H23NO5/c1-29-20-11-7-10-19(16-20)26-25(28)21(24(27)18-8-5-4-6-9-18)14-17-12-13-22(30-2)23(15-17)31-3/h4-16H,1-3H3,(H,26,28)/b21-14+. The molecule has 0 bridgehead atoms. The first-order valence-electron chi connectivity index (χ1n) is 9.54. The zero-order valence-electron chi connectivity index (χ0n) is 17.5. The fourth-order valence-electron chi connectivity index (χ4n) is 2.99. The number of carbonyl (C=O) groups excluding carboxylic acids is 2. The van der Waals surface area contributed by atoms with Crippen LogP contribution >= 0.6 is 0 Å². The van der Waals surface area contributed by atoms with Gasteiger partial charge in [0, 0.05) is 17.3 Å². The van der Waals surface area contributed by atoms with Crippen molar-refractivity contribution in [2.45, 2.75) is 0 Å². The van der Waals surface area contributed by atoms with Crippen molar-refractivity contribution in [3.63, 3.8) is 0 Å². The van der Waals surface area contributed by atoms with Gasteiger partial charge in [-0.2, -0.15) is 0 Å². The molecule has 0 unspecified atom stereocenters. The van der Waals surface area contributed by atoms with Gasteiger partial charge in [-0.3, -0.25) is 9.59 Å². The number of amides is 1. The van der Waals surface area contributed by atoms with Crippen LogP contribution in [0.4, 0.5) is 5.69 Å². The van der Waals surface area contributed by atoms with Crippen LogP contribution in [0.3, 0.4) is 0 Å². The summed E-state index contributed by atoms with van der Waals surface area (Å²) in [5.74, 6) is 0.720. The number of hydrogen-bond donors (Lipinski definition) is 1. The van der Waals surface area contributed by atoms with Crippen LogP contribution in [0.1, 0.15) is 15.9 Å². The summed E-state index contributed by atoms with van der Waals surface area (Å²) in [5, 5.41) is 2.77. The Morgan fingerprint density at radius 1 is 0.774 bits per heavy atom. The van der Waals surface area contributed by atoms with Gasteiger partial charge in [0.1, 0.15) is 5.75 Å². The van der Waals surface area contributed by atoms with Gasteiger partial charge in [0.25, 0.3) is 5.91 Å². The molecule has 31 heavy (non-hydrogen) atoms. The number of anilines is 1. The van der Waals surface area contributed by atoms with Crippen LogP contribution in [0.15, 0.2) is 78.4 Å². The molecule has 0 atom stereocenters. The molecule has 0 saturated heterocycles. The third-order valence-electron chi connectivity index (χ3n) is 4.57. The summed E-state index contributed by atoms with van der Waals surface area (Å²) < 4.78 is 15.8. The maximum atomic E-state index is 13.2. The third kappa shape index (κ3) is 5.30. The molecular formula is C25H23NO5. The number of rotatable bonds is 8. The topological polar surface area (TPSA) is 73.9 Å². The maximum absolute atomic E-state index is 13.2. The molecule has 0 fully saturated rings. The van der Waals surface area contributed by atoms with Crippen LogP contribution in [-0.4, -0.2) is 33.0 Å². The molecule has 0 aliphatic heterocycles. The molecule has 6 heteroatoms. The number of ketones is 1. The van der Waals surface area contributed by atoms with Crippen molar-refractivity contribution < 1.29 is 23.8 Å². The first kappa shape index (κ1) is 21.6. The van der Waals surface area contributed by atoms with Crippen LogP contribution in [0.25, 0.3) is 6.08 Å². The molecule has 0 saturated carbocycles. The lowest BCUT2D eigenvalue weighted by molar-refractivity contribution is -0.112. The zero-order chi connectivity index (χ0) is 22.2. The van der Waals surface area contributed by atoms with Crippen LogP contribution in [0.5, 0.6) is 17.2 Å². The van der Waals surface area contributed by atoms with Gasteiger partial charge in [0.05, 0.1) is 26.9 Å². The predicted octanol–water partition coefficient (Wildman–Crippen LogP) is 4.62. The Bertz CT molecular complexity index is 1110. The van der Waals surface area contributed by atoms with E-state index in [2.05, 4.69) is 5.32 Å². The minimum atomic E-state index is -0.531. The summed E-state index contributed by atoms with van der Waals surface area (Å²) in [5.41, 5.74) is 1.54. The van der Waals surface area contributed by atoms with E-state index in [1.165, 1.54) is 13.2 Å². The first-order valence-corrected chi connectivity index (χ1v) is 9.54. The maximum Gasteiger partial charge on any atom is 0.259 e. The highest BCUT2D eigenvalue weighted by molar-refractivity contribution is 6.31. The fraction of sp³-hybridized carbons (Fsp3) is 0.120. The molecule has 0 aliphatic rings. The Balaban J connectivity index is 2.01. The van der Waals surface area contributed by atoms with E-state index in [1.54, 1.807) is 80.9 Å². The Hall–Kier alpha value is -4.06. The van der Waals surface area contributed by atoms with E-state index < -0.39 is 11.7 Å². The molecule has 0 radical (unpaired) electrons. The van der Waals surface area contributed by atoms with E-state index >= 15 is 0 Å². The highest BCUT2D eigenvalue weighted by Crippen LogP contribution is 2.29. The van der Waals surface area contributed by atoms with Crippen molar-refractivity contribution in [3.05, 3.63) is 89.5 Å². The quantitative estimate of drug-likeness (QED) is 0.251. The average molecular weight is 417 g/mol. The van der Waals surface area contributed by atoms with Crippen molar-refractivity contribution >= 4 is 23.5 Å². The molecule has 0 heterocycles. The second kappa shape index (κ2) is 10.1. The van der Waals surface area contributed by atoms with Crippen molar-refractivity contribution in [2.24, 2.45) is 0 Å². The van der Waals surface area contributed by atoms with Gasteiger partial charge in [-0.25, -0.2) is 0 Å². The number of nitrogens with one attached hydrogen (secondary N) is 1. The van der Waals surface area contributed by atoms with Gasteiger partial charge in [0.2, 0.25) is 0 Å². The molecule has 3 aromatic rings. The lowest BCUT2D eigenvalue weighted by Crippen LogP contribution is -2.20. The lowest BCUT2D eigenvalue weighted by atomic mass is 10.00. The molecule has 0 aliphatic carbocycles. The van der Waals surface area contributed by atoms with Gasteiger partial charge >= 0.3 is 0 Å². The lowest BCUT2D eigenvalue weighted by Gasteiger charge is -2.11. The summed E-state index contributed by atoms with van der Waals surface area (Å²) in [6.45, 7) is 0. The summed E-state index contributed by atoms with van der Waals surface area (Å²) in [4.78, 5) is 26.3. The summed E-state index contributed by atoms with van der Waals surface area (Å²) in [7, 11) is 4.61. The van der Waals surface area contributed by atoms with Crippen LogP contribution in [-0.2, 0) is 4.79 Å². The monoisotopic (exact) mass is 417 g/mol. The number of benzene rings is 3. The smallest absolute Gasteiger partial charge is 0.259 e. The van der Waals surface area contributed by atoms with Crippen molar-refractivity contribution in [1.29, 1.82) is 0 Å². The number of Topliss-reactive ketones (excluding diaryl/α,β-unsaturated/α-hetero) is 1. The minimum Gasteiger partial charge on any atom is -0.497 e. The molecule has 1 amide bonds. The van der Waals surface area contributed by atoms with E-state index in [0.29, 0.717) is 34.1 Å². The Kier molecular flexibility index (Phi) is 7.06. The van der Waals surface area contributed by atoms with Gasteiger partial charge < -0.3 is 19.5 Å². The predicted molar refractivity (Wildman–Crippen MR) is 120 cm³/mol. The molecule has 6 nitrogen and oxygen atoms in total. The average Bonchev–Trinajstić information content (AvgIpc) is 2.82. The Morgan fingerprint density at radius 3 is 2.19 bits per heavy atom. The van der Waals surface area contributed by atoms with E-state index in [4.69, 9.17) is 14.2 Å². The fourth-order valence-corrected chi connectivity index (χ4v) is 2.99. The largest absolute Gasteiger partial charge is 0.497 e. The first-order chi connectivity index (χ1) is 15.0. The van der Waals surface area contributed by atoms with Crippen LogP contribution in [0.2, 0.25) is 0 Å². The zero-order valence-corrected chi connectivity index (χ0v) is 17.5. The summed E-state index contributed by atoms with van der Waals surface area (Å²) in [6.07, 6.45) is 1.53. The molecule has 1 N–H and O–H groups in total. The number of carbonyl (C=O) groups is 2. The number of ether oxygens (including phenoxy) is 3. The molecule has 158 valence electrons.